The first kappa shape index (κ1) is 14.5. The van der Waals surface area contributed by atoms with Gasteiger partial charge in [-0.2, -0.15) is 10.2 Å². The molecular formula is C20H20N2. The predicted octanol–water partition coefficient (Wildman–Crippen LogP) is 4.12. The van der Waals surface area contributed by atoms with E-state index < -0.39 is 0 Å². The molecule has 0 amide bonds. The highest BCUT2D eigenvalue weighted by Gasteiger charge is 2.13. The molecule has 2 heteroatoms. The van der Waals surface area contributed by atoms with Gasteiger partial charge in [0.15, 0.2) is 0 Å². The van der Waals surface area contributed by atoms with E-state index in [1.165, 1.54) is 11.1 Å². The second kappa shape index (κ2) is 7.51. The van der Waals surface area contributed by atoms with Crippen molar-refractivity contribution in [1.29, 1.82) is 0 Å². The zero-order chi connectivity index (χ0) is 15.0. The van der Waals surface area contributed by atoms with Crippen LogP contribution in [0.1, 0.15) is 16.8 Å². The van der Waals surface area contributed by atoms with Gasteiger partial charge >= 0.3 is 0 Å². The van der Waals surface area contributed by atoms with E-state index >= 15 is 0 Å². The fourth-order valence-electron chi connectivity index (χ4n) is 2.85. The molecular weight excluding hydrogens is 268 g/mol. The Bertz CT molecular complexity index is 567. The number of nitrogens with zero attached hydrogens (tertiary/aromatic N) is 2. The molecule has 0 saturated carbocycles. The van der Waals surface area contributed by atoms with Crippen molar-refractivity contribution < 1.29 is 0 Å². The first-order valence-electron chi connectivity index (χ1n) is 7.74. The van der Waals surface area contributed by atoms with Crippen LogP contribution in [0.4, 0.5) is 0 Å². The predicted molar refractivity (Wildman–Crippen MR) is 89.5 cm³/mol. The van der Waals surface area contributed by atoms with E-state index in [4.69, 9.17) is 0 Å². The molecule has 3 rings (SSSR count). The lowest BCUT2D eigenvalue weighted by Gasteiger charge is -2.17. The molecule has 0 unspecified atom stereocenters. The second-order valence-corrected chi connectivity index (χ2v) is 5.66. The van der Waals surface area contributed by atoms with Gasteiger partial charge in [-0.1, -0.05) is 60.7 Å². The van der Waals surface area contributed by atoms with Crippen LogP contribution < -0.4 is 0 Å². The highest BCUT2D eigenvalue weighted by molar-refractivity contribution is 5.19. The van der Waals surface area contributed by atoms with E-state index in [2.05, 4.69) is 76.9 Å². The molecule has 2 aromatic carbocycles. The minimum Gasteiger partial charge on any atom is -0.159 e. The Hall–Kier alpha value is -2.48. The Labute approximate surface area is 131 Å². The lowest BCUT2D eigenvalue weighted by Crippen LogP contribution is -2.13. The van der Waals surface area contributed by atoms with Crippen molar-refractivity contribution in [2.24, 2.45) is 5.92 Å². The first-order valence-corrected chi connectivity index (χ1v) is 7.74. The summed E-state index contributed by atoms with van der Waals surface area (Å²) in [6.45, 7) is 0. The van der Waals surface area contributed by atoms with Crippen LogP contribution in [0.3, 0.4) is 0 Å². The van der Waals surface area contributed by atoms with Crippen LogP contribution in [0.2, 0.25) is 0 Å². The summed E-state index contributed by atoms with van der Waals surface area (Å²) >= 11 is 0. The maximum atomic E-state index is 4.25. The van der Waals surface area contributed by atoms with Crippen LogP contribution in [0, 0.1) is 5.92 Å². The van der Waals surface area contributed by atoms with Gasteiger partial charge in [-0.25, -0.2) is 0 Å². The Morgan fingerprint density at radius 1 is 0.636 bits per heavy atom. The molecule has 0 N–H and O–H groups in total. The maximum absolute atomic E-state index is 4.25. The number of benzene rings is 2. The summed E-state index contributed by atoms with van der Waals surface area (Å²) in [5, 5.41) is 8.25. The molecule has 0 fully saturated rings. The monoisotopic (exact) mass is 288 g/mol. The van der Waals surface area contributed by atoms with E-state index in [0.717, 1.165) is 25.0 Å². The highest BCUT2D eigenvalue weighted by atomic mass is 15.1. The lowest BCUT2D eigenvalue weighted by molar-refractivity contribution is 0.509. The topological polar surface area (TPSA) is 25.8 Å². The summed E-state index contributed by atoms with van der Waals surface area (Å²) in [5.74, 6) is 0.529. The van der Waals surface area contributed by atoms with Gasteiger partial charge in [-0.05, 0) is 48.4 Å². The zero-order valence-electron chi connectivity index (χ0n) is 12.6. The Balaban J connectivity index is 1.75. The maximum Gasteiger partial charge on any atom is 0.0634 e. The van der Waals surface area contributed by atoms with Crippen molar-refractivity contribution in [2.75, 3.05) is 0 Å². The van der Waals surface area contributed by atoms with Crippen molar-refractivity contribution >= 4 is 0 Å². The van der Waals surface area contributed by atoms with Crippen LogP contribution in [-0.4, -0.2) is 10.2 Å². The normalized spacial score (nSPS) is 10.8. The molecule has 0 aliphatic heterocycles. The Kier molecular flexibility index (Phi) is 4.93. The molecule has 0 saturated heterocycles. The van der Waals surface area contributed by atoms with Crippen molar-refractivity contribution in [2.45, 2.75) is 19.3 Å². The van der Waals surface area contributed by atoms with Crippen LogP contribution in [0.25, 0.3) is 0 Å². The van der Waals surface area contributed by atoms with E-state index in [9.17, 15) is 0 Å². The van der Waals surface area contributed by atoms with Crippen LogP contribution in [0.5, 0.6) is 0 Å². The summed E-state index contributed by atoms with van der Waals surface area (Å²) < 4.78 is 0. The van der Waals surface area contributed by atoms with Crippen molar-refractivity contribution in [3.8, 4) is 0 Å². The summed E-state index contributed by atoms with van der Waals surface area (Å²) in [6.07, 6.45) is 4.81. The van der Waals surface area contributed by atoms with Crippen molar-refractivity contribution in [3.63, 3.8) is 0 Å². The van der Waals surface area contributed by atoms with Crippen LogP contribution >= 0.6 is 0 Å². The second-order valence-electron chi connectivity index (χ2n) is 5.66. The molecule has 110 valence electrons. The number of hydrogen-bond acceptors (Lipinski definition) is 2. The van der Waals surface area contributed by atoms with Gasteiger partial charge < -0.3 is 0 Å². The average Bonchev–Trinajstić information content (AvgIpc) is 2.57. The summed E-state index contributed by atoms with van der Waals surface area (Å²) in [7, 11) is 0. The fraction of sp³-hybridized carbons (Fsp3) is 0.200. The Morgan fingerprint density at radius 2 is 1.23 bits per heavy atom. The molecule has 3 aromatic rings. The molecule has 0 atom stereocenters. The molecule has 0 spiro atoms. The number of aromatic nitrogens is 2. The lowest BCUT2D eigenvalue weighted by atomic mass is 9.89. The van der Waals surface area contributed by atoms with E-state index in [1.807, 2.05) is 6.07 Å². The molecule has 1 aromatic heterocycles. The summed E-state index contributed by atoms with van der Waals surface area (Å²) in [5.41, 5.74) is 3.83. The van der Waals surface area contributed by atoms with Gasteiger partial charge in [0.2, 0.25) is 0 Å². The van der Waals surface area contributed by atoms with E-state index in [0.29, 0.717) is 5.92 Å². The van der Waals surface area contributed by atoms with E-state index in [1.54, 1.807) is 6.20 Å². The SMILES string of the molecule is c1ccc(CC(Cc2ccccc2)Cc2cccnn2)cc1. The van der Waals surface area contributed by atoms with Crippen LogP contribution in [0.15, 0.2) is 79.0 Å². The third-order valence-electron chi connectivity index (χ3n) is 3.86. The minimum atomic E-state index is 0.529. The molecule has 0 bridgehead atoms. The average molecular weight is 288 g/mol. The van der Waals surface area contributed by atoms with E-state index in [-0.39, 0.29) is 0 Å². The van der Waals surface area contributed by atoms with Crippen molar-refractivity contribution in [1.82, 2.24) is 10.2 Å². The molecule has 2 nitrogen and oxygen atoms in total. The fourth-order valence-corrected chi connectivity index (χ4v) is 2.85. The largest absolute Gasteiger partial charge is 0.159 e. The number of hydrogen-bond donors (Lipinski definition) is 0. The van der Waals surface area contributed by atoms with Gasteiger partial charge in [0.25, 0.3) is 0 Å². The van der Waals surface area contributed by atoms with Gasteiger partial charge in [0, 0.05) is 6.20 Å². The number of rotatable bonds is 6. The van der Waals surface area contributed by atoms with Gasteiger partial charge in [0.05, 0.1) is 5.69 Å². The Morgan fingerprint density at radius 3 is 1.73 bits per heavy atom. The van der Waals surface area contributed by atoms with Crippen LogP contribution in [-0.2, 0) is 19.3 Å². The molecule has 0 aliphatic rings. The molecule has 0 radical (unpaired) electrons. The quantitative estimate of drug-likeness (QED) is 0.682. The third kappa shape index (κ3) is 4.26. The summed E-state index contributed by atoms with van der Waals surface area (Å²) in [4.78, 5) is 0. The first-order chi connectivity index (χ1) is 10.9. The zero-order valence-corrected chi connectivity index (χ0v) is 12.6. The standard InChI is InChI=1S/C20H20N2/c1-3-8-17(9-4-1)14-19(15-18-10-5-2-6-11-18)16-20-12-7-13-21-22-20/h1-13,19H,14-16H2. The third-order valence-corrected chi connectivity index (χ3v) is 3.86. The molecule has 0 aliphatic carbocycles. The smallest absolute Gasteiger partial charge is 0.0634 e. The van der Waals surface area contributed by atoms with Gasteiger partial charge in [0.1, 0.15) is 0 Å². The van der Waals surface area contributed by atoms with Gasteiger partial charge in [-0.3, -0.25) is 0 Å². The summed E-state index contributed by atoms with van der Waals surface area (Å²) in [6, 6.07) is 25.4. The van der Waals surface area contributed by atoms with Gasteiger partial charge in [-0.15, -0.1) is 0 Å². The molecule has 22 heavy (non-hydrogen) atoms. The minimum absolute atomic E-state index is 0.529. The van der Waals surface area contributed by atoms with Crippen molar-refractivity contribution in [3.05, 3.63) is 95.8 Å². The highest BCUT2D eigenvalue weighted by Crippen LogP contribution is 2.18. The molecule has 1 heterocycles.